The summed E-state index contributed by atoms with van der Waals surface area (Å²) in [6.45, 7) is 4.31. The molecule has 0 amide bonds. The number of carboxylic acid groups (broad SMARTS) is 1. The van der Waals surface area contributed by atoms with Gasteiger partial charge in [-0.2, -0.15) is 5.10 Å². The first-order chi connectivity index (χ1) is 9.08. The van der Waals surface area contributed by atoms with Crippen LogP contribution in [0.1, 0.15) is 37.3 Å². The van der Waals surface area contributed by atoms with E-state index in [1.165, 1.54) is 5.56 Å². The summed E-state index contributed by atoms with van der Waals surface area (Å²) in [5, 5.41) is 15.7. The zero-order chi connectivity index (χ0) is 13.8. The van der Waals surface area contributed by atoms with Gasteiger partial charge in [0.1, 0.15) is 0 Å². The molecular weight excluding hydrogens is 240 g/mol. The van der Waals surface area contributed by atoms with Gasteiger partial charge in [0.25, 0.3) is 0 Å². The highest BCUT2D eigenvalue weighted by Crippen LogP contribution is 2.24. The molecule has 0 radical (unpaired) electrons. The molecule has 0 unspecified atom stereocenters. The van der Waals surface area contributed by atoms with E-state index in [4.69, 9.17) is 5.11 Å². The largest absolute Gasteiger partial charge is 0.481 e. The van der Waals surface area contributed by atoms with Gasteiger partial charge in [-0.25, -0.2) is 0 Å². The Morgan fingerprint density at radius 3 is 2.58 bits per heavy atom. The Bertz CT molecular complexity index is 556. The molecule has 100 valence electrons. The minimum atomic E-state index is -0.790. The van der Waals surface area contributed by atoms with Crippen LogP contribution in [-0.4, -0.2) is 21.3 Å². The van der Waals surface area contributed by atoms with E-state index in [1.807, 2.05) is 12.1 Å². The molecule has 0 spiro atoms. The number of nitrogens with one attached hydrogen (secondary N) is 1. The van der Waals surface area contributed by atoms with Crippen molar-refractivity contribution < 1.29 is 9.90 Å². The summed E-state index contributed by atoms with van der Waals surface area (Å²) in [5.41, 5.74) is 4.19. The first-order valence-electron chi connectivity index (χ1n) is 6.42. The fourth-order valence-corrected chi connectivity index (χ4v) is 2.03. The van der Waals surface area contributed by atoms with Crippen LogP contribution in [0.25, 0.3) is 11.3 Å². The third kappa shape index (κ3) is 3.22. The standard InChI is InChI=1S/C15H18N2O2/c1-10(2)11-3-5-12(6-4-11)15-13(9-16-17-15)7-8-14(18)19/h3-6,9-10H,7-8H2,1-2H3,(H,16,17)(H,18,19). The number of aliphatic carboxylic acids is 1. The van der Waals surface area contributed by atoms with Crippen LogP contribution in [-0.2, 0) is 11.2 Å². The number of aromatic amines is 1. The van der Waals surface area contributed by atoms with Crippen molar-refractivity contribution in [3.05, 3.63) is 41.6 Å². The number of benzene rings is 1. The average Bonchev–Trinajstić information content (AvgIpc) is 2.84. The summed E-state index contributed by atoms with van der Waals surface area (Å²) in [6, 6.07) is 8.30. The first-order valence-corrected chi connectivity index (χ1v) is 6.42. The maximum atomic E-state index is 10.6. The Kier molecular flexibility index (Phi) is 4.00. The molecule has 0 saturated carbocycles. The summed E-state index contributed by atoms with van der Waals surface area (Å²) in [6.07, 6.45) is 2.32. The van der Waals surface area contributed by atoms with Gasteiger partial charge in [-0.1, -0.05) is 38.1 Å². The van der Waals surface area contributed by atoms with Gasteiger partial charge in [-0.3, -0.25) is 9.89 Å². The lowest BCUT2D eigenvalue weighted by molar-refractivity contribution is -0.136. The Morgan fingerprint density at radius 2 is 2.00 bits per heavy atom. The van der Waals surface area contributed by atoms with Gasteiger partial charge >= 0.3 is 5.97 Å². The quantitative estimate of drug-likeness (QED) is 0.865. The van der Waals surface area contributed by atoms with Gasteiger partial charge in [-0.15, -0.1) is 0 Å². The molecule has 1 aromatic heterocycles. The molecule has 0 fully saturated rings. The third-order valence-electron chi connectivity index (χ3n) is 3.19. The fraction of sp³-hybridized carbons (Fsp3) is 0.333. The highest BCUT2D eigenvalue weighted by molar-refractivity contribution is 5.68. The molecule has 2 N–H and O–H groups in total. The number of nitrogens with zero attached hydrogens (tertiary/aromatic N) is 1. The molecule has 4 heteroatoms. The second kappa shape index (κ2) is 5.69. The van der Waals surface area contributed by atoms with E-state index in [9.17, 15) is 4.79 Å². The number of hydrogen-bond donors (Lipinski definition) is 2. The van der Waals surface area contributed by atoms with E-state index in [1.54, 1.807) is 6.20 Å². The molecule has 0 aliphatic heterocycles. The Balaban J connectivity index is 2.22. The predicted octanol–water partition coefficient (Wildman–Crippen LogP) is 3.22. The second-order valence-electron chi connectivity index (χ2n) is 4.94. The van der Waals surface area contributed by atoms with Gasteiger partial charge in [0.15, 0.2) is 0 Å². The molecule has 0 aliphatic carbocycles. The Hall–Kier alpha value is -2.10. The lowest BCUT2D eigenvalue weighted by Crippen LogP contribution is -1.98. The van der Waals surface area contributed by atoms with Crippen molar-refractivity contribution >= 4 is 5.97 Å². The lowest BCUT2D eigenvalue weighted by Gasteiger charge is -2.07. The van der Waals surface area contributed by atoms with Crippen LogP contribution in [0.5, 0.6) is 0 Å². The number of aromatic nitrogens is 2. The van der Waals surface area contributed by atoms with Crippen LogP contribution >= 0.6 is 0 Å². The Morgan fingerprint density at radius 1 is 1.32 bits per heavy atom. The van der Waals surface area contributed by atoms with E-state index in [-0.39, 0.29) is 6.42 Å². The highest BCUT2D eigenvalue weighted by atomic mass is 16.4. The van der Waals surface area contributed by atoms with Gasteiger partial charge in [0, 0.05) is 6.42 Å². The zero-order valence-electron chi connectivity index (χ0n) is 11.2. The fourth-order valence-electron chi connectivity index (χ4n) is 2.03. The molecule has 2 aromatic rings. The number of hydrogen-bond acceptors (Lipinski definition) is 2. The summed E-state index contributed by atoms with van der Waals surface area (Å²) >= 11 is 0. The van der Waals surface area contributed by atoms with Crippen LogP contribution in [0.15, 0.2) is 30.5 Å². The van der Waals surface area contributed by atoms with Crippen LogP contribution in [0, 0.1) is 0 Å². The van der Waals surface area contributed by atoms with E-state index in [0.29, 0.717) is 12.3 Å². The molecule has 0 atom stereocenters. The number of rotatable bonds is 5. The van der Waals surface area contributed by atoms with Gasteiger partial charge in [-0.05, 0) is 29.0 Å². The topological polar surface area (TPSA) is 66.0 Å². The number of carboxylic acids is 1. The number of H-pyrrole nitrogens is 1. The smallest absolute Gasteiger partial charge is 0.303 e. The molecule has 1 aromatic carbocycles. The monoisotopic (exact) mass is 258 g/mol. The van der Waals surface area contributed by atoms with Gasteiger partial charge in [0.2, 0.25) is 0 Å². The van der Waals surface area contributed by atoms with E-state index >= 15 is 0 Å². The molecule has 1 heterocycles. The van der Waals surface area contributed by atoms with Crippen molar-refractivity contribution in [2.75, 3.05) is 0 Å². The van der Waals surface area contributed by atoms with Crippen LogP contribution in [0.3, 0.4) is 0 Å². The number of aryl methyl sites for hydroxylation is 1. The molecular formula is C15H18N2O2. The first kappa shape index (κ1) is 13.3. The van der Waals surface area contributed by atoms with E-state index in [2.05, 4.69) is 36.2 Å². The highest BCUT2D eigenvalue weighted by Gasteiger charge is 2.09. The molecule has 4 nitrogen and oxygen atoms in total. The molecule has 0 bridgehead atoms. The van der Waals surface area contributed by atoms with Crippen molar-refractivity contribution in [3.8, 4) is 11.3 Å². The summed E-state index contributed by atoms with van der Waals surface area (Å²) in [4.78, 5) is 10.6. The van der Waals surface area contributed by atoms with Crippen LogP contribution in [0.2, 0.25) is 0 Å². The summed E-state index contributed by atoms with van der Waals surface area (Å²) in [7, 11) is 0. The summed E-state index contributed by atoms with van der Waals surface area (Å²) in [5.74, 6) is -0.287. The van der Waals surface area contributed by atoms with Crippen molar-refractivity contribution in [3.63, 3.8) is 0 Å². The minimum Gasteiger partial charge on any atom is -0.481 e. The molecule has 0 aliphatic rings. The molecule has 2 rings (SSSR count). The predicted molar refractivity (Wildman–Crippen MR) is 74.1 cm³/mol. The maximum Gasteiger partial charge on any atom is 0.303 e. The SMILES string of the molecule is CC(C)c1ccc(-c2[nH]ncc2CCC(=O)O)cc1. The van der Waals surface area contributed by atoms with Crippen LogP contribution < -0.4 is 0 Å². The summed E-state index contributed by atoms with van der Waals surface area (Å²) < 4.78 is 0. The minimum absolute atomic E-state index is 0.122. The van der Waals surface area contributed by atoms with Crippen molar-refractivity contribution in [2.45, 2.75) is 32.6 Å². The van der Waals surface area contributed by atoms with Crippen molar-refractivity contribution in [1.29, 1.82) is 0 Å². The Labute approximate surface area is 112 Å². The van der Waals surface area contributed by atoms with Crippen molar-refractivity contribution in [1.82, 2.24) is 10.2 Å². The number of carbonyl (C=O) groups is 1. The van der Waals surface area contributed by atoms with Crippen molar-refractivity contribution in [2.24, 2.45) is 0 Å². The van der Waals surface area contributed by atoms with Gasteiger partial charge in [0.05, 0.1) is 11.9 Å². The van der Waals surface area contributed by atoms with Gasteiger partial charge < -0.3 is 5.11 Å². The zero-order valence-corrected chi connectivity index (χ0v) is 11.2. The lowest BCUT2D eigenvalue weighted by atomic mass is 9.99. The van der Waals surface area contributed by atoms with Crippen LogP contribution in [0.4, 0.5) is 0 Å². The molecule has 19 heavy (non-hydrogen) atoms. The van der Waals surface area contributed by atoms with E-state index in [0.717, 1.165) is 16.8 Å². The maximum absolute atomic E-state index is 10.6. The van der Waals surface area contributed by atoms with E-state index < -0.39 is 5.97 Å². The molecule has 0 saturated heterocycles. The third-order valence-corrected chi connectivity index (χ3v) is 3.19. The average molecular weight is 258 g/mol. The normalized spacial score (nSPS) is 10.9. The second-order valence-corrected chi connectivity index (χ2v) is 4.94.